The lowest BCUT2D eigenvalue weighted by atomic mass is 10.2. The fraction of sp³-hybridized carbons (Fsp3) is 0.500. The van der Waals surface area contributed by atoms with E-state index in [1.165, 1.54) is 0 Å². The fourth-order valence-electron chi connectivity index (χ4n) is 4.42. The number of anilines is 2. The van der Waals surface area contributed by atoms with Gasteiger partial charge in [0.05, 0.1) is 11.5 Å². The summed E-state index contributed by atoms with van der Waals surface area (Å²) in [5, 5.41) is 18.9. The van der Waals surface area contributed by atoms with Crippen molar-refractivity contribution >= 4 is 21.2 Å². The molecule has 2 N–H and O–H groups in total. The van der Waals surface area contributed by atoms with E-state index in [4.69, 9.17) is 0 Å². The second-order valence-corrected chi connectivity index (χ2v) is 11.1. The predicted octanol–water partition coefficient (Wildman–Crippen LogP) is 1.46. The lowest BCUT2D eigenvalue weighted by molar-refractivity contribution is 0.268. The van der Waals surface area contributed by atoms with Crippen molar-refractivity contribution < 1.29 is 18.6 Å². The van der Waals surface area contributed by atoms with Gasteiger partial charge in [-0.25, -0.2) is 8.42 Å². The van der Waals surface area contributed by atoms with Gasteiger partial charge in [-0.15, -0.1) is 0 Å². The molecule has 2 fully saturated rings. The van der Waals surface area contributed by atoms with Crippen molar-refractivity contribution in [3.63, 3.8) is 0 Å². The summed E-state index contributed by atoms with van der Waals surface area (Å²) in [5.74, 6) is 0.947. The molecule has 2 saturated heterocycles. The van der Waals surface area contributed by atoms with Crippen LogP contribution in [-0.2, 0) is 9.84 Å². The SMILES string of the molecule is O=S(=O)(CCN1CCN(c2ccc(O)cc2)CC1)CCN1CCN(c2ccc(O)cc2)CC1. The van der Waals surface area contributed by atoms with Crippen LogP contribution in [-0.4, -0.2) is 105 Å². The molecular formula is C24H34N4O4S. The molecule has 0 aromatic heterocycles. The van der Waals surface area contributed by atoms with E-state index in [0.717, 1.165) is 63.7 Å². The standard InChI is InChI=1S/C24H34N4O4S/c29-23-5-1-21(2-6-23)27-13-9-25(10-14-27)17-19-33(31,32)20-18-26-11-15-28(16-12-26)22-3-7-24(30)8-4-22/h1-8,29-30H,9-20H2. The summed E-state index contributed by atoms with van der Waals surface area (Å²) >= 11 is 0. The van der Waals surface area contributed by atoms with Gasteiger partial charge in [0, 0.05) is 76.8 Å². The van der Waals surface area contributed by atoms with E-state index in [0.29, 0.717) is 13.1 Å². The van der Waals surface area contributed by atoms with Gasteiger partial charge in [-0.3, -0.25) is 9.80 Å². The van der Waals surface area contributed by atoms with Gasteiger partial charge < -0.3 is 20.0 Å². The van der Waals surface area contributed by atoms with E-state index in [9.17, 15) is 18.6 Å². The van der Waals surface area contributed by atoms with Crippen molar-refractivity contribution in [3.8, 4) is 11.5 Å². The number of hydrogen-bond acceptors (Lipinski definition) is 8. The maximum atomic E-state index is 12.6. The minimum absolute atomic E-state index is 0.208. The van der Waals surface area contributed by atoms with E-state index in [1.54, 1.807) is 24.3 Å². The molecule has 0 spiro atoms. The molecule has 2 aliphatic heterocycles. The smallest absolute Gasteiger partial charge is 0.152 e. The third-order valence-electron chi connectivity index (χ3n) is 6.61. The molecule has 0 saturated carbocycles. The summed E-state index contributed by atoms with van der Waals surface area (Å²) in [4.78, 5) is 8.99. The number of benzene rings is 2. The monoisotopic (exact) mass is 474 g/mol. The van der Waals surface area contributed by atoms with Gasteiger partial charge in [-0.1, -0.05) is 0 Å². The van der Waals surface area contributed by atoms with E-state index < -0.39 is 9.84 Å². The van der Waals surface area contributed by atoms with Crippen LogP contribution in [0.4, 0.5) is 11.4 Å². The molecular weight excluding hydrogens is 440 g/mol. The molecule has 0 radical (unpaired) electrons. The average molecular weight is 475 g/mol. The summed E-state index contributed by atoms with van der Waals surface area (Å²) in [6, 6.07) is 14.5. The summed E-state index contributed by atoms with van der Waals surface area (Å²) < 4.78 is 25.3. The topological polar surface area (TPSA) is 87.6 Å². The molecule has 9 heteroatoms. The van der Waals surface area contributed by atoms with Gasteiger partial charge in [0.1, 0.15) is 11.5 Å². The van der Waals surface area contributed by atoms with Crippen molar-refractivity contribution in [2.75, 3.05) is 86.8 Å². The average Bonchev–Trinajstić information content (AvgIpc) is 2.83. The number of aromatic hydroxyl groups is 2. The molecule has 2 aromatic rings. The van der Waals surface area contributed by atoms with Gasteiger partial charge >= 0.3 is 0 Å². The zero-order valence-electron chi connectivity index (χ0n) is 19.0. The van der Waals surface area contributed by atoms with Crippen molar-refractivity contribution in [1.82, 2.24) is 9.80 Å². The number of rotatable bonds is 8. The number of hydrogen-bond donors (Lipinski definition) is 2. The number of nitrogens with zero attached hydrogens (tertiary/aromatic N) is 4. The highest BCUT2D eigenvalue weighted by molar-refractivity contribution is 7.91. The molecule has 0 amide bonds. The van der Waals surface area contributed by atoms with Crippen LogP contribution in [0.1, 0.15) is 0 Å². The molecule has 2 heterocycles. The van der Waals surface area contributed by atoms with Crippen LogP contribution in [0.15, 0.2) is 48.5 Å². The minimum atomic E-state index is -3.09. The quantitative estimate of drug-likeness (QED) is 0.595. The highest BCUT2D eigenvalue weighted by atomic mass is 32.2. The minimum Gasteiger partial charge on any atom is -0.508 e. The van der Waals surface area contributed by atoms with E-state index in [1.807, 2.05) is 24.3 Å². The first-order valence-electron chi connectivity index (χ1n) is 11.6. The Bertz CT molecular complexity index is 907. The van der Waals surface area contributed by atoms with Crippen molar-refractivity contribution in [3.05, 3.63) is 48.5 Å². The van der Waals surface area contributed by atoms with Crippen LogP contribution in [0, 0.1) is 0 Å². The van der Waals surface area contributed by atoms with Crippen LogP contribution in [0.25, 0.3) is 0 Å². The first-order chi connectivity index (χ1) is 15.9. The van der Waals surface area contributed by atoms with E-state index in [-0.39, 0.29) is 23.0 Å². The van der Waals surface area contributed by atoms with E-state index in [2.05, 4.69) is 19.6 Å². The largest absolute Gasteiger partial charge is 0.508 e. The number of phenols is 2. The predicted molar refractivity (Wildman–Crippen MR) is 132 cm³/mol. The maximum absolute atomic E-state index is 12.6. The summed E-state index contributed by atoms with van der Waals surface area (Å²) in [6.07, 6.45) is 0. The number of sulfone groups is 1. The Morgan fingerprint density at radius 3 is 1.24 bits per heavy atom. The molecule has 0 aliphatic carbocycles. The van der Waals surface area contributed by atoms with Crippen LogP contribution in [0.5, 0.6) is 11.5 Å². The van der Waals surface area contributed by atoms with Crippen LogP contribution in [0.3, 0.4) is 0 Å². The second kappa shape index (κ2) is 10.6. The third kappa shape index (κ3) is 6.75. The van der Waals surface area contributed by atoms with Crippen molar-refractivity contribution in [1.29, 1.82) is 0 Å². The maximum Gasteiger partial charge on any atom is 0.152 e. The Morgan fingerprint density at radius 1 is 0.576 bits per heavy atom. The van der Waals surface area contributed by atoms with Gasteiger partial charge in [-0.05, 0) is 48.5 Å². The highest BCUT2D eigenvalue weighted by Crippen LogP contribution is 2.21. The summed E-state index contributed by atoms with van der Waals surface area (Å²) in [7, 11) is -3.09. The lowest BCUT2D eigenvalue weighted by Crippen LogP contribution is -2.49. The zero-order chi connectivity index (χ0) is 23.3. The molecule has 0 atom stereocenters. The Kier molecular flexibility index (Phi) is 7.62. The van der Waals surface area contributed by atoms with Crippen molar-refractivity contribution in [2.45, 2.75) is 0 Å². The lowest BCUT2D eigenvalue weighted by Gasteiger charge is -2.36. The molecule has 33 heavy (non-hydrogen) atoms. The summed E-state index contributed by atoms with van der Waals surface area (Å²) in [5.41, 5.74) is 2.18. The van der Waals surface area contributed by atoms with Gasteiger partial charge in [0.15, 0.2) is 9.84 Å². The van der Waals surface area contributed by atoms with Gasteiger partial charge in [-0.2, -0.15) is 0 Å². The Balaban J connectivity index is 1.14. The molecule has 180 valence electrons. The van der Waals surface area contributed by atoms with Crippen LogP contribution >= 0.6 is 0 Å². The number of piperazine rings is 2. The van der Waals surface area contributed by atoms with Gasteiger partial charge in [0.25, 0.3) is 0 Å². The Morgan fingerprint density at radius 2 is 0.909 bits per heavy atom. The Labute approximate surface area is 196 Å². The molecule has 2 aliphatic rings. The fourth-order valence-corrected chi connectivity index (χ4v) is 5.70. The first kappa shape index (κ1) is 23.7. The number of phenolic OH excluding ortho intramolecular Hbond substituents is 2. The third-order valence-corrected chi connectivity index (χ3v) is 8.22. The highest BCUT2D eigenvalue weighted by Gasteiger charge is 2.22. The van der Waals surface area contributed by atoms with Crippen LogP contribution < -0.4 is 9.80 Å². The second-order valence-electron chi connectivity index (χ2n) is 8.84. The zero-order valence-corrected chi connectivity index (χ0v) is 19.8. The molecule has 8 nitrogen and oxygen atoms in total. The van der Waals surface area contributed by atoms with Crippen LogP contribution in [0.2, 0.25) is 0 Å². The van der Waals surface area contributed by atoms with E-state index >= 15 is 0 Å². The van der Waals surface area contributed by atoms with Crippen molar-refractivity contribution in [2.24, 2.45) is 0 Å². The van der Waals surface area contributed by atoms with Gasteiger partial charge in [0.2, 0.25) is 0 Å². The molecule has 0 bridgehead atoms. The normalized spacial score (nSPS) is 18.5. The summed E-state index contributed by atoms with van der Waals surface area (Å²) in [6.45, 7) is 7.97. The molecule has 0 unspecified atom stereocenters. The molecule has 4 rings (SSSR count). The molecule has 2 aromatic carbocycles. The Hall–Kier alpha value is -2.49. The first-order valence-corrected chi connectivity index (χ1v) is 13.4.